The molecule has 1 aromatic rings. The fraction of sp³-hybridized carbons (Fsp3) is 0.375. The van der Waals surface area contributed by atoms with Crippen molar-refractivity contribution >= 4 is 17.3 Å². The Morgan fingerprint density at radius 3 is 2.33 bits per heavy atom. The van der Waals surface area contributed by atoms with Crippen molar-refractivity contribution in [3.05, 3.63) is 41.5 Å². The molecule has 2 rings (SSSR count). The summed E-state index contributed by atoms with van der Waals surface area (Å²) in [5, 5.41) is 0. The molecule has 0 aliphatic heterocycles. The zero-order valence-corrected chi connectivity index (χ0v) is 11.7. The molecule has 1 fully saturated rings. The Morgan fingerprint density at radius 1 is 1.24 bits per heavy atom. The first-order valence-corrected chi connectivity index (χ1v) is 6.90. The summed E-state index contributed by atoms with van der Waals surface area (Å²) in [4.78, 5) is 24.0. The van der Waals surface area contributed by atoms with Gasteiger partial charge in [0.1, 0.15) is 11.6 Å². The van der Waals surface area contributed by atoms with Gasteiger partial charge in [-0.25, -0.2) is 13.6 Å². The summed E-state index contributed by atoms with van der Waals surface area (Å²) in [7, 11) is 0. The lowest BCUT2D eigenvalue weighted by Crippen LogP contribution is -2.23. The summed E-state index contributed by atoms with van der Waals surface area (Å²) in [6.45, 7) is 1.80. The molecule has 0 amide bonds. The van der Waals surface area contributed by atoms with Crippen molar-refractivity contribution in [1.82, 2.24) is 0 Å². The largest absolute Gasteiger partial charge is 0.463 e. The van der Waals surface area contributed by atoms with Crippen molar-refractivity contribution in [2.45, 2.75) is 26.2 Å². The summed E-state index contributed by atoms with van der Waals surface area (Å²) < 4.78 is 31.5. The zero-order chi connectivity index (χ0) is 15.4. The maximum absolute atomic E-state index is 13.3. The van der Waals surface area contributed by atoms with E-state index >= 15 is 0 Å². The van der Waals surface area contributed by atoms with Gasteiger partial charge in [0, 0.05) is 23.6 Å². The normalized spacial score (nSPS) is 15.5. The Kier molecular flexibility index (Phi) is 4.83. The van der Waals surface area contributed by atoms with Crippen LogP contribution in [0.25, 0.3) is 5.57 Å². The van der Waals surface area contributed by atoms with E-state index in [1.54, 1.807) is 6.92 Å². The molecule has 0 unspecified atom stereocenters. The first-order valence-electron chi connectivity index (χ1n) is 6.90. The fourth-order valence-electron chi connectivity index (χ4n) is 2.20. The van der Waals surface area contributed by atoms with Crippen LogP contribution >= 0.6 is 0 Å². The molecule has 0 saturated heterocycles. The topological polar surface area (TPSA) is 43.4 Å². The molecule has 0 atom stereocenters. The van der Waals surface area contributed by atoms with E-state index in [0.29, 0.717) is 0 Å². The van der Waals surface area contributed by atoms with E-state index in [0.717, 1.165) is 43.5 Å². The van der Waals surface area contributed by atoms with Gasteiger partial charge < -0.3 is 4.74 Å². The zero-order valence-electron chi connectivity index (χ0n) is 11.7. The second-order valence-corrected chi connectivity index (χ2v) is 4.96. The molecule has 1 aliphatic carbocycles. The van der Waals surface area contributed by atoms with E-state index in [9.17, 15) is 18.4 Å². The van der Waals surface area contributed by atoms with Crippen LogP contribution in [0.4, 0.5) is 8.78 Å². The number of benzene rings is 1. The molecule has 0 spiro atoms. The highest BCUT2D eigenvalue weighted by Crippen LogP contribution is 2.33. The number of carbonyl (C=O) groups is 2. The highest BCUT2D eigenvalue weighted by atomic mass is 19.1. The van der Waals surface area contributed by atoms with Crippen molar-refractivity contribution in [3.8, 4) is 0 Å². The van der Waals surface area contributed by atoms with Gasteiger partial charge >= 0.3 is 5.97 Å². The number of carbonyl (C=O) groups excluding carboxylic acids is 2. The monoisotopic (exact) mass is 294 g/mol. The standard InChI is InChI=1S/C16H16F2O3/c1-2-21-15(19)9-14(16(20)10-4-3-5-10)11-6-12(17)8-13(18)7-11/h6-10H,2-5H2,1H3/b14-9-. The molecular weight excluding hydrogens is 278 g/mol. The van der Waals surface area contributed by atoms with Crippen molar-refractivity contribution < 1.29 is 23.1 Å². The van der Waals surface area contributed by atoms with Gasteiger partial charge in [-0.05, 0) is 37.5 Å². The van der Waals surface area contributed by atoms with Crippen LogP contribution in [0.3, 0.4) is 0 Å². The van der Waals surface area contributed by atoms with Crippen molar-refractivity contribution in [2.24, 2.45) is 5.92 Å². The molecule has 112 valence electrons. The second kappa shape index (κ2) is 6.61. The van der Waals surface area contributed by atoms with E-state index in [1.807, 2.05) is 0 Å². The molecule has 1 saturated carbocycles. The number of allylic oxidation sites excluding steroid dienone is 1. The van der Waals surface area contributed by atoms with Crippen LogP contribution in [-0.2, 0) is 14.3 Å². The van der Waals surface area contributed by atoms with Gasteiger partial charge in [-0.3, -0.25) is 4.79 Å². The SMILES string of the molecule is CCOC(=O)/C=C(\C(=O)C1CCC1)c1cc(F)cc(F)c1. The van der Waals surface area contributed by atoms with Crippen molar-refractivity contribution in [2.75, 3.05) is 6.61 Å². The molecule has 3 nitrogen and oxygen atoms in total. The Hall–Kier alpha value is -2.04. The fourth-order valence-corrected chi connectivity index (χ4v) is 2.20. The van der Waals surface area contributed by atoms with E-state index in [4.69, 9.17) is 4.74 Å². The second-order valence-electron chi connectivity index (χ2n) is 4.96. The predicted molar refractivity (Wildman–Crippen MR) is 73.3 cm³/mol. The Labute approximate surface area is 121 Å². The molecule has 1 aliphatic rings. The maximum Gasteiger partial charge on any atom is 0.331 e. The lowest BCUT2D eigenvalue weighted by Gasteiger charge is -2.25. The molecule has 0 bridgehead atoms. The minimum absolute atomic E-state index is 0.0107. The van der Waals surface area contributed by atoms with E-state index in [2.05, 4.69) is 0 Å². The summed E-state index contributed by atoms with van der Waals surface area (Å²) in [6.07, 6.45) is 3.44. The lowest BCUT2D eigenvalue weighted by molar-refractivity contribution is -0.137. The average Bonchev–Trinajstić information content (AvgIpc) is 2.32. The molecule has 0 radical (unpaired) electrons. The quantitative estimate of drug-likeness (QED) is 0.618. The summed E-state index contributed by atoms with van der Waals surface area (Å²) in [5.74, 6) is -2.72. The number of ether oxygens (including phenoxy) is 1. The van der Waals surface area contributed by atoms with Crippen LogP contribution in [0.2, 0.25) is 0 Å². The van der Waals surface area contributed by atoms with Crippen LogP contribution in [0.15, 0.2) is 24.3 Å². The molecule has 0 N–H and O–H groups in total. The number of hydrogen-bond donors (Lipinski definition) is 0. The minimum Gasteiger partial charge on any atom is -0.463 e. The van der Waals surface area contributed by atoms with Crippen LogP contribution in [0.5, 0.6) is 0 Å². The van der Waals surface area contributed by atoms with Gasteiger partial charge in [-0.2, -0.15) is 0 Å². The number of hydrogen-bond acceptors (Lipinski definition) is 3. The van der Waals surface area contributed by atoms with Crippen LogP contribution in [0.1, 0.15) is 31.7 Å². The molecule has 21 heavy (non-hydrogen) atoms. The van der Waals surface area contributed by atoms with Crippen LogP contribution in [-0.4, -0.2) is 18.4 Å². The smallest absolute Gasteiger partial charge is 0.331 e. The maximum atomic E-state index is 13.3. The summed E-state index contributed by atoms with van der Waals surface area (Å²) >= 11 is 0. The number of Topliss-reactive ketones (excluding diaryl/α,β-unsaturated/α-hetero) is 1. The first-order chi connectivity index (χ1) is 10.0. The van der Waals surface area contributed by atoms with Gasteiger partial charge in [0.25, 0.3) is 0 Å². The number of rotatable bonds is 5. The average molecular weight is 294 g/mol. The Morgan fingerprint density at radius 2 is 1.86 bits per heavy atom. The summed E-state index contributed by atoms with van der Waals surface area (Å²) in [5.41, 5.74) is 0.0778. The third kappa shape index (κ3) is 3.74. The third-order valence-corrected chi connectivity index (χ3v) is 3.46. The highest BCUT2D eigenvalue weighted by Gasteiger charge is 2.29. The first kappa shape index (κ1) is 15.4. The minimum atomic E-state index is -0.791. The van der Waals surface area contributed by atoms with Gasteiger partial charge in [-0.15, -0.1) is 0 Å². The Balaban J connectivity index is 2.38. The number of esters is 1. The van der Waals surface area contributed by atoms with Gasteiger partial charge in [0.15, 0.2) is 5.78 Å². The van der Waals surface area contributed by atoms with Crippen LogP contribution < -0.4 is 0 Å². The molecule has 1 aromatic carbocycles. The lowest BCUT2D eigenvalue weighted by atomic mass is 9.78. The number of ketones is 1. The molecular formula is C16H16F2O3. The van der Waals surface area contributed by atoms with Crippen molar-refractivity contribution in [3.63, 3.8) is 0 Å². The van der Waals surface area contributed by atoms with Gasteiger partial charge in [0.2, 0.25) is 0 Å². The van der Waals surface area contributed by atoms with E-state index < -0.39 is 17.6 Å². The van der Waals surface area contributed by atoms with Crippen molar-refractivity contribution in [1.29, 1.82) is 0 Å². The van der Waals surface area contributed by atoms with Crippen LogP contribution in [0, 0.1) is 17.6 Å². The van der Waals surface area contributed by atoms with Gasteiger partial charge in [-0.1, -0.05) is 6.42 Å². The predicted octanol–water partition coefficient (Wildman–Crippen LogP) is 3.28. The highest BCUT2D eigenvalue weighted by molar-refractivity contribution is 6.25. The van der Waals surface area contributed by atoms with Gasteiger partial charge in [0.05, 0.1) is 6.61 Å². The Bertz CT molecular complexity index is 569. The third-order valence-electron chi connectivity index (χ3n) is 3.46. The molecule has 0 aromatic heterocycles. The molecule has 5 heteroatoms. The van der Waals surface area contributed by atoms with E-state index in [-0.39, 0.29) is 29.4 Å². The number of halogens is 2. The summed E-state index contributed by atoms with van der Waals surface area (Å²) in [6, 6.07) is 2.81. The molecule has 0 heterocycles. The van der Waals surface area contributed by atoms with E-state index in [1.165, 1.54) is 0 Å².